The van der Waals surface area contributed by atoms with Crippen molar-refractivity contribution in [2.45, 2.75) is 63.4 Å². The molecule has 0 radical (unpaired) electrons. The van der Waals surface area contributed by atoms with Crippen LogP contribution in [-0.2, 0) is 25.6 Å². The number of carbonyl (C=O) groups excluding carboxylic acids is 1. The zero-order valence-corrected chi connectivity index (χ0v) is 26.9. The number of rotatable bonds is 12. The van der Waals surface area contributed by atoms with Gasteiger partial charge in [-0.25, -0.2) is 13.4 Å². The van der Waals surface area contributed by atoms with Crippen molar-refractivity contribution < 1.29 is 31.9 Å². The van der Waals surface area contributed by atoms with Crippen LogP contribution < -0.4 is 15.1 Å². The van der Waals surface area contributed by atoms with Crippen LogP contribution in [0.5, 0.6) is 11.5 Å². The molecule has 218 valence electrons. The molecule has 12 heteroatoms. The largest absolute Gasteiger partial charge is 0.486 e. The van der Waals surface area contributed by atoms with Gasteiger partial charge in [0.05, 0.1) is 24.5 Å². The van der Waals surface area contributed by atoms with Crippen LogP contribution in [0.15, 0.2) is 52.7 Å². The minimum Gasteiger partial charge on any atom is -0.486 e. The first-order chi connectivity index (χ1) is 18.6. The van der Waals surface area contributed by atoms with E-state index in [9.17, 15) is 13.2 Å². The van der Waals surface area contributed by atoms with E-state index in [-0.39, 0.29) is 34.6 Å². The van der Waals surface area contributed by atoms with Crippen molar-refractivity contribution in [1.29, 1.82) is 0 Å². The van der Waals surface area contributed by atoms with Crippen molar-refractivity contribution in [2.24, 2.45) is 0 Å². The molecule has 0 spiro atoms. The second-order valence-corrected chi connectivity index (χ2v) is 18.7. The van der Waals surface area contributed by atoms with Gasteiger partial charge in [-0.15, -0.1) is 11.3 Å². The average Bonchev–Trinajstić information content (AvgIpc) is 3.33. The molecule has 0 saturated carbocycles. The summed E-state index contributed by atoms with van der Waals surface area (Å²) in [6, 6.07) is 11.5. The fraction of sp³-hybridized carbons (Fsp3) is 0.429. The van der Waals surface area contributed by atoms with Gasteiger partial charge >= 0.3 is 0 Å². The van der Waals surface area contributed by atoms with Gasteiger partial charge in [0.1, 0.15) is 16.0 Å². The molecule has 3 rings (SSSR count). The van der Waals surface area contributed by atoms with E-state index in [0.717, 1.165) is 6.26 Å². The first-order valence-corrected chi connectivity index (χ1v) is 18.5. The zero-order chi connectivity index (χ0) is 29.7. The minimum absolute atomic E-state index is 0.000840. The predicted molar refractivity (Wildman–Crippen MR) is 159 cm³/mol. The molecule has 1 atom stereocenters. The average molecular weight is 607 g/mol. The highest BCUT2D eigenvalue weighted by Gasteiger charge is 2.37. The number of hydrogen-bond donors (Lipinski definition) is 1. The van der Waals surface area contributed by atoms with Crippen molar-refractivity contribution in [3.63, 3.8) is 0 Å². The third kappa shape index (κ3) is 7.91. The lowest BCUT2D eigenvalue weighted by molar-refractivity contribution is 0.0759. The van der Waals surface area contributed by atoms with E-state index in [4.69, 9.17) is 18.7 Å². The third-order valence-corrected chi connectivity index (χ3v) is 13.2. The summed E-state index contributed by atoms with van der Waals surface area (Å²) in [6.07, 6.45) is 0.618. The van der Waals surface area contributed by atoms with E-state index < -0.39 is 30.2 Å². The van der Waals surface area contributed by atoms with E-state index in [1.807, 2.05) is 12.3 Å². The number of hydroxylamine groups is 1. The van der Waals surface area contributed by atoms with Gasteiger partial charge < -0.3 is 18.7 Å². The number of benzene rings is 2. The number of carbonyl (C=O) groups is 1. The molecule has 0 aliphatic rings. The van der Waals surface area contributed by atoms with Crippen LogP contribution in [0.2, 0.25) is 18.1 Å². The highest BCUT2D eigenvalue weighted by molar-refractivity contribution is 7.90. The molecule has 9 nitrogen and oxygen atoms in total. The summed E-state index contributed by atoms with van der Waals surface area (Å²) in [7, 11) is -4.24. The van der Waals surface area contributed by atoms with Gasteiger partial charge in [0.25, 0.3) is 5.91 Å². The normalized spacial score (nSPS) is 13.1. The molecule has 0 unspecified atom stereocenters. The van der Waals surface area contributed by atoms with E-state index in [0.29, 0.717) is 21.8 Å². The minimum atomic E-state index is -3.72. The number of amides is 1. The van der Waals surface area contributed by atoms with Crippen LogP contribution in [-0.4, -0.2) is 53.7 Å². The smallest absolute Gasteiger partial charge is 0.283 e. The van der Waals surface area contributed by atoms with E-state index in [1.165, 1.54) is 23.5 Å². The first-order valence-electron chi connectivity index (χ1n) is 12.8. The molecule has 1 heterocycles. The van der Waals surface area contributed by atoms with Crippen LogP contribution in [0.25, 0.3) is 10.6 Å². The summed E-state index contributed by atoms with van der Waals surface area (Å²) in [5, 5.41) is 2.26. The third-order valence-electron chi connectivity index (χ3n) is 6.63. The van der Waals surface area contributed by atoms with Gasteiger partial charge in [-0.2, -0.15) is 5.48 Å². The molecule has 0 bridgehead atoms. The van der Waals surface area contributed by atoms with Crippen LogP contribution in [0.4, 0.5) is 0 Å². The molecule has 3 aromatic rings. The second kappa shape index (κ2) is 12.8. The Kier molecular flexibility index (Phi) is 10.2. The number of nitrogens with zero attached hydrogens (tertiary/aromatic N) is 1. The fourth-order valence-electron chi connectivity index (χ4n) is 3.41. The topological polar surface area (TPSA) is 113 Å². The van der Waals surface area contributed by atoms with Crippen molar-refractivity contribution in [2.75, 3.05) is 20.0 Å². The number of methoxy groups -OCH3 is 1. The highest BCUT2D eigenvalue weighted by atomic mass is 32.2. The standard InChI is InChI=1S/C28H38N2O7S2Si/c1-19(16-35-40(7,8)28(2,3)4)36-25-23(39(6,32)33)15-14-22(24(25)27-29-21(17-34-5)18-38-27)37-30-26(31)20-12-10-9-11-13-20/h9-15,18-19H,16-17H2,1-8H3,(H,30,31)/t19-/m0/s1. The number of nitrogens with one attached hydrogen (secondary N) is 1. The molecular formula is C28H38N2O7S2Si. The van der Waals surface area contributed by atoms with E-state index in [2.05, 4.69) is 44.3 Å². The molecule has 0 aliphatic heterocycles. The SMILES string of the molecule is COCc1csc(-c2c(ONC(=O)c3ccccc3)ccc(S(C)(=O)=O)c2O[C@@H](C)CO[Si](C)(C)C(C)(C)C)n1. The Hall–Kier alpha value is -2.77. The van der Waals surface area contributed by atoms with E-state index in [1.54, 1.807) is 37.4 Å². The van der Waals surface area contributed by atoms with E-state index >= 15 is 0 Å². The number of aromatic nitrogens is 1. The number of ether oxygens (including phenoxy) is 2. The van der Waals surface area contributed by atoms with Gasteiger partial charge in [0.2, 0.25) is 0 Å². The molecule has 1 aromatic heterocycles. The van der Waals surface area contributed by atoms with Gasteiger partial charge in [-0.05, 0) is 49.3 Å². The maximum Gasteiger partial charge on any atom is 0.283 e. The Morgan fingerprint density at radius 2 is 1.80 bits per heavy atom. The molecule has 2 aromatic carbocycles. The van der Waals surface area contributed by atoms with Crippen molar-refractivity contribution in [1.82, 2.24) is 10.5 Å². The summed E-state index contributed by atoms with van der Waals surface area (Å²) in [6.45, 7) is 13.1. The fourth-order valence-corrected chi connectivity index (χ4v) is 6.14. The molecular weight excluding hydrogens is 569 g/mol. The quantitative estimate of drug-likeness (QED) is 0.201. The molecule has 0 aliphatic carbocycles. The summed E-state index contributed by atoms with van der Waals surface area (Å²) < 4.78 is 43.7. The molecule has 1 N–H and O–H groups in total. The van der Waals surface area contributed by atoms with Crippen LogP contribution in [0.3, 0.4) is 0 Å². The molecule has 0 saturated heterocycles. The van der Waals surface area contributed by atoms with Gasteiger partial charge in [-0.1, -0.05) is 39.0 Å². The molecule has 1 amide bonds. The zero-order valence-electron chi connectivity index (χ0n) is 24.2. The molecule has 40 heavy (non-hydrogen) atoms. The lowest BCUT2D eigenvalue weighted by Gasteiger charge is -2.37. The summed E-state index contributed by atoms with van der Waals surface area (Å²) in [4.78, 5) is 23.1. The first kappa shape index (κ1) is 31.8. The predicted octanol–water partition coefficient (Wildman–Crippen LogP) is 5.87. The lowest BCUT2D eigenvalue weighted by Crippen LogP contribution is -2.43. The Bertz CT molecular complexity index is 1420. The molecule has 0 fully saturated rings. The van der Waals surface area contributed by atoms with Crippen molar-refractivity contribution in [3.05, 3.63) is 59.1 Å². The summed E-state index contributed by atoms with van der Waals surface area (Å²) in [5.41, 5.74) is 3.82. The Morgan fingerprint density at radius 1 is 1.12 bits per heavy atom. The lowest BCUT2D eigenvalue weighted by atomic mass is 10.1. The van der Waals surface area contributed by atoms with Crippen molar-refractivity contribution in [3.8, 4) is 22.1 Å². The van der Waals surface area contributed by atoms with Crippen LogP contribution >= 0.6 is 11.3 Å². The number of sulfone groups is 1. The number of hydrogen-bond acceptors (Lipinski definition) is 9. The Balaban J connectivity index is 2.05. The summed E-state index contributed by atoms with van der Waals surface area (Å²) >= 11 is 1.29. The van der Waals surface area contributed by atoms with Crippen molar-refractivity contribution >= 4 is 35.4 Å². The second-order valence-electron chi connectivity index (χ2n) is 11.0. The summed E-state index contributed by atoms with van der Waals surface area (Å²) in [5.74, 6) is -0.197. The Morgan fingerprint density at radius 3 is 2.40 bits per heavy atom. The number of thiazole rings is 1. The van der Waals surface area contributed by atoms with Gasteiger partial charge in [0, 0.05) is 24.3 Å². The monoisotopic (exact) mass is 606 g/mol. The van der Waals surface area contributed by atoms with Gasteiger partial charge in [-0.3, -0.25) is 4.79 Å². The maximum absolute atomic E-state index is 12.9. The van der Waals surface area contributed by atoms with Crippen LogP contribution in [0, 0.1) is 0 Å². The Labute approximate surface area is 241 Å². The highest BCUT2D eigenvalue weighted by Crippen LogP contribution is 2.44. The van der Waals surface area contributed by atoms with Gasteiger partial charge in [0.15, 0.2) is 29.7 Å². The maximum atomic E-state index is 12.9. The van der Waals surface area contributed by atoms with Crippen LogP contribution in [0.1, 0.15) is 43.7 Å².